The van der Waals surface area contributed by atoms with Gasteiger partial charge in [-0.3, -0.25) is 14.3 Å². The molecule has 28 heavy (non-hydrogen) atoms. The van der Waals surface area contributed by atoms with Crippen LogP contribution in [-0.4, -0.2) is 46.7 Å². The minimum Gasteiger partial charge on any atom is -0.366 e. The third-order valence-electron chi connectivity index (χ3n) is 6.16. The first-order valence-corrected chi connectivity index (χ1v) is 9.53. The van der Waals surface area contributed by atoms with E-state index in [0.717, 1.165) is 24.3 Å². The third-order valence-corrected chi connectivity index (χ3v) is 6.16. The number of likely N-dealkylation sites (N-methyl/N-ethyl adjacent to an activating group) is 1. The summed E-state index contributed by atoms with van der Waals surface area (Å²) >= 11 is 0. The monoisotopic (exact) mass is 371 g/mol. The second-order valence-corrected chi connectivity index (χ2v) is 7.83. The third kappa shape index (κ3) is 2.51. The highest BCUT2D eigenvalue weighted by Gasteiger charge is 2.41. The molecule has 0 saturated carbocycles. The van der Waals surface area contributed by atoms with Crippen LogP contribution in [-0.2, 0) is 7.05 Å². The lowest BCUT2D eigenvalue weighted by Crippen LogP contribution is -2.44. The van der Waals surface area contributed by atoms with Crippen molar-refractivity contribution in [1.82, 2.24) is 14.5 Å². The lowest BCUT2D eigenvalue weighted by atomic mass is 10.1. The van der Waals surface area contributed by atoms with E-state index >= 15 is 0 Å². The minimum absolute atomic E-state index is 0.0642. The van der Waals surface area contributed by atoms with Gasteiger partial charge < -0.3 is 4.90 Å². The maximum atomic E-state index is 13.1. The van der Waals surface area contributed by atoms with Gasteiger partial charge in [0.05, 0.1) is 22.5 Å². The number of hydrogen-bond acceptors (Lipinski definition) is 5. The Bertz CT molecular complexity index is 1190. The van der Waals surface area contributed by atoms with Crippen LogP contribution in [0.25, 0.3) is 22.3 Å². The van der Waals surface area contributed by atoms with Gasteiger partial charge in [0.2, 0.25) is 0 Å². The molecule has 2 atom stereocenters. The standard InChI is InChI=1S/C22H21N5O/c1-25-12-18-9-17(25)13-27(18)16-6-7-20-19(10-16)22(28)26(2)21(24-20)15-5-3-4-14(8-15)11-23/h3-8,10,17-18H,9,12-13H2,1-2H3/t17-,18+/m1/s1. The molecule has 0 N–H and O–H groups in total. The molecule has 5 rings (SSSR count). The normalized spacial score (nSPS) is 21.4. The maximum absolute atomic E-state index is 13.1. The molecule has 2 aliphatic rings. The van der Waals surface area contributed by atoms with E-state index in [-0.39, 0.29) is 5.56 Å². The van der Waals surface area contributed by atoms with E-state index in [1.807, 2.05) is 24.3 Å². The molecule has 2 bridgehead atoms. The number of nitriles is 1. The lowest BCUT2D eigenvalue weighted by Gasteiger charge is -2.33. The molecule has 2 fully saturated rings. The molecular formula is C22H21N5O. The summed E-state index contributed by atoms with van der Waals surface area (Å²) in [7, 11) is 3.92. The molecule has 0 amide bonds. The van der Waals surface area contributed by atoms with Crippen molar-refractivity contribution >= 4 is 16.6 Å². The van der Waals surface area contributed by atoms with Crippen molar-refractivity contribution in [2.24, 2.45) is 7.05 Å². The van der Waals surface area contributed by atoms with Crippen molar-refractivity contribution < 1.29 is 0 Å². The van der Waals surface area contributed by atoms with Crippen LogP contribution in [0.15, 0.2) is 47.3 Å². The van der Waals surface area contributed by atoms with Gasteiger partial charge in [-0.25, -0.2) is 4.98 Å². The molecule has 6 nitrogen and oxygen atoms in total. The molecule has 1 aromatic heterocycles. The Hall–Kier alpha value is -3.17. The van der Waals surface area contributed by atoms with Crippen molar-refractivity contribution in [3.63, 3.8) is 0 Å². The topological polar surface area (TPSA) is 65.2 Å². The molecule has 6 heteroatoms. The molecule has 0 unspecified atom stereocenters. The quantitative estimate of drug-likeness (QED) is 0.692. The van der Waals surface area contributed by atoms with Crippen molar-refractivity contribution in [1.29, 1.82) is 5.26 Å². The van der Waals surface area contributed by atoms with Crippen LogP contribution in [0.3, 0.4) is 0 Å². The van der Waals surface area contributed by atoms with Gasteiger partial charge in [-0.05, 0) is 43.8 Å². The largest absolute Gasteiger partial charge is 0.366 e. The number of aromatic nitrogens is 2. The van der Waals surface area contributed by atoms with E-state index in [1.54, 1.807) is 23.7 Å². The Morgan fingerprint density at radius 3 is 2.68 bits per heavy atom. The van der Waals surface area contributed by atoms with Crippen molar-refractivity contribution in [3.05, 3.63) is 58.4 Å². The second kappa shape index (κ2) is 6.18. The minimum atomic E-state index is -0.0642. The fourth-order valence-electron chi connectivity index (χ4n) is 4.61. The highest BCUT2D eigenvalue weighted by molar-refractivity contribution is 5.83. The van der Waals surface area contributed by atoms with Gasteiger partial charge in [-0.2, -0.15) is 5.26 Å². The van der Waals surface area contributed by atoms with E-state index in [4.69, 9.17) is 10.2 Å². The lowest BCUT2D eigenvalue weighted by molar-refractivity contribution is 0.292. The second-order valence-electron chi connectivity index (χ2n) is 7.83. The predicted molar refractivity (Wildman–Crippen MR) is 109 cm³/mol. The SMILES string of the molecule is CN1C[C@@H]2C[C@@H]1CN2c1ccc2nc(-c3cccc(C#N)c3)n(C)c(=O)c2c1. The zero-order chi connectivity index (χ0) is 19.4. The molecule has 140 valence electrons. The van der Waals surface area contributed by atoms with Gasteiger partial charge in [0.15, 0.2) is 0 Å². The molecule has 2 aromatic carbocycles. The van der Waals surface area contributed by atoms with E-state index in [2.05, 4.69) is 29.0 Å². The van der Waals surface area contributed by atoms with E-state index in [1.165, 1.54) is 6.42 Å². The fraction of sp³-hybridized carbons (Fsp3) is 0.318. The van der Waals surface area contributed by atoms with Crippen LogP contribution in [0.1, 0.15) is 12.0 Å². The van der Waals surface area contributed by atoms with Crippen LogP contribution in [0.4, 0.5) is 5.69 Å². The van der Waals surface area contributed by atoms with Gasteiger partial charge in [0.1, 0.15) is 5.82 Å². The first kappa shape index (κ1) is 17.0. The van der Waals surface area contributed by atoms with Gasteiger partial charge in [-0.1, -0.05) is 12.1 Å². The summed E-state index contributed by atoms with van der Waals surface area (Å²) < 4.78 is 1.58. The summed E-state index contributed by atoms with van der Waals surface area (Å²) in [6.45, 7) is 2.09. The number of likely N-dealkylation sites (tertiary alicyclic amines) is 1. The highest BCUT2D eigenvalue weighted by atomic mass is 16.1. The first-order chi connectivity index (χ1) is 13.5. The molecular weight excluding hydrogens is 350 g/mol. The Morgan fingerprint density at radius 1 is 1.11 bits per heavy atom. The van der Waals surface area contributed by atoms with Crippen LogP contribution in [0.5, 0.6) is 0 Å². The Morgan fingerprint density at radius 2 is 1.96 bits per heavy atom. The number of hydrogen-bond donors (Lipinski definition) is 0. The maximum Gasteiger partial charge on any atom is 0.261 e. The molecule has 2 saturated heterocycles. The number of fused-ring (bicyclic) bond motifs is 3. The van der Waals surface area contributed by atoms with Crippen LogP contribution < -0.4 is 10.5 Å². The van der Waals surface area contributed by atoms with Gasteiger partial charge in [0, 0.05) is 43.5 Å². The van der Waals surface area contributed by atoms with Crippen molar-refractivity contribution in [3.8, 4) is 17.5 Å². The summed E-state index contributed by atoms with van der Waals surface area (Å²) in [6.07, 6.45) is 1.19. The average molecular weight is 371 g/mol. The van der Waals surface area contributed by atoms with Crippen molar-refractivity contribution in [2.75, 3.05) is 25.0 Å². The number of nitrogens with zero attached hydrogens (tertiary/aromatic N) is 5. The molecule has 0 spiro atoms. The average Bonchev–Trinajstić information content (AvgIpc) is 3.30. The van der Waals surface area contributed by atoms with Crippen LogP contribution >= 0.6 is 0 Å². The smallest absolute Gasteiger partial charge is 0.261 e. The van der Waals surface area contributed by atoms with Gasteiger partial charge >= 0.3 is 0 Å². The summed E-state index contributed by atoms with van der Waals surface area (Å²) in [5.74, 6) is 0.573. The molecule has 0 radical (unpaired) electrons. The van der Waals surface area contributed by atoms with E-state index in [9.17, 15) is 4.79 Å². The number of piperazine rings is 1. The van der Waals surface area contributed by atoms with E-state index in [0.29, 0.717) is 34.4 Å². The Kier molecular flexibility index (Phi) is 3.74. The van der Waals surface area contributed by atoms with Crippen LogP contribution in [0.2, 0.25) is 0 Å². The Labute approximate surface area is 163 Å². The fourth-order valence-corrected chi connectivity index (χ4v) is 4.61. The molecule has 3 aromatic rings. The Balaban J connectivity index is 1.59. The highest BCUT2D eigenvalue weighted by Crippen LogP contribution is 2.34. The zero-order valence-electron chi connectivity index (χ0n) is 16.0. The zero-order valence-corrected chi connectivity index (χ0v) is 16.0. The number of benzene rings is 2. The summed E-state index contributed by atoms with van der Waals surface area (Å²) in [5, 5.41) is 9.79. The van der Waals surface area contributed by atoms with Gasteiger partial charge in [-0.15, -0.1) is 0 Å². The molecule has 0 aliphatic carbocycles. The molecule has 3 heterocycles. The summed E-state index contributed by atoms with van der Waals surface area (Å²) in [6, 6.07) is 16.5. The van der Waals surface area contributed by atoms with Crippen molar-refractivity contribution in [2.45, 2.75) is 18.5 Å². The number of anilines is 1. The molecule has 2 aliphatic heterocycles. The van der Waals surface area contributed by atoms with Crippen LogP contribution in [0, 0.1) is 11.3 Å². The number of rotatable bonds is 2. The van der Waals surface area contributed by atoms with E-state index < -0.39 is 0 Å². The summed E-state index contributed by atoms with van der Waals surface area (Å²) in [5.41, 5.74) is 3.04. The van der Waals surface area contributed by atoms with Gasteiger partial charge in [0.25, 0.3) is 5.56 Å². The first-order valence-electron chi connectivity index (χ1n) is 9.53. The predicted octanol–water partition coefficient (Wildman–Crippen LogP) is 2.36. The summed E-state index contributed by atoms with van der Waals surface area (Å²) in [4.78, 5) is 22.7.